The summed E-state index contributed by atoms with van der Waals surface area (Å²) in [6, 6.07) is 5.78. The van der Waals surface area contributed by atoms with Crippen LogP contribution in [0, 0.1) is 0 Å². The number of nitrogens with one attached hydrogen (secondary N) is 3. The zero-order valence-corrected chi connectivity index (χ0v) is 15.2. The predicted octanol–water partition coefficient (Wildman–Crippen LogP) is 3.47. The van der Waals surface area contributed by atoms with E-state index in [1.807, 2.05) is 18.2 Å². The first-order valence-electron chi connectivity index (χ1n) is 9.62. The van der Waals surface area contributed by atoms with Crippen molar-refractivity contribution >= 4 is 17.6 Å². The van der Waals surface area contributed by atoms with Crippen molar-refractivity contribution in [2.45, 2.75) is 50.5 Å². The van der Waals surface area contributed by atoms with E-state index in [1.165, 1.54) is 0 Å². The number of hydrogen-bond donors (Lipinski definition) is 3. The van der Waals surface area contributed by atoms with Crippen LogP contribution in [-0.4, -0.2) is 40.5 Å². The molecule has 0 saturated heterocycles. The summed E-state index contributed by atoms with van der Waals surface area (Å²) in [5, 5.41) is 13.6. The van der Waals surface area contributed by atoms with E-state index in [0.29, 0.717) is 24.9 Å². The predicted molar refractivity (Wildman–Crippen MR) is 100 cm³/mol. The fourth-order valence-corrected chi connectivity index (χ4v) is 3.62. The minimum absolute atomic E-state index is 0.0343. The Morgan fingerprint density at radius 3 is 3.07 bits per heavy atom. The van der Waals surface area contributed by atoms with Gasteiger partial charge in [0.25, 0.3) is 0 Å². The number of aromatic amines is 1. The zero-order chi connectivity index (χ0) is 18.5. The van der Waals surface area contributed by atoms with E-state index < -0.39 is 0 Å². The number of pyridine rings is 1. The largest absolute Gasteiger partial charge is 0.478 e. The Bertz CT molecular complexity index is 778. The van der Waals surface area contributed by atoms with Gasteiger partial charge in [-0.15, -0.1) is 0 Å². The number of anilines is 2. The lowest BCUT2D eigenvalue weighted by atomic mass is 10.0. The van der Waals surface area contributed by atoms with Crippen LogP contribution in [0.3, 0.4) is 0 Å². The van der Waals surface area contributed by atoms with Crippen molar-refractivity contribution in [1.29, 1.82) is 0 Å². The summed E-state index contributed by atoms with van der Waals surface area (Å²) in [5.41, 5.74) is 1.95. The Kier molecular flexibility index (Phi) is 5.41. The molecule has 1 fully saturated rings. The molecule has 6 bridgehead atoms. The van der Waals surface area contributed by atoms with Crippen LogP contribution in [-0.2, 0) is 4.74 Å². The summed E-state index contributed by atoms with van der Waals surface area (Å²) < 4.78 is 11.3. The van der Waals surface area contributed by atoms with Crippen molar-refractivity contribution in [3.8, 4) is 5.88 Å². The van der Waals surface area contributed by atoms with Gasteiger partial charge in [0, 0.05) is 42.2 Å². The van der Waals surface area contributed by atoms with Crippen molar-refractivity contribution in [3.05, 3.63) is 30.1 Å². The maximum atomic E-state index is 11.9. The van der Waals surface area contributed by atoms with E-state index in [-0.39, 0.29) is 12.2 Å². The van der Waals surface area contributed by atoms with Crippen molar-refractivity contribution in [3.63, 3.8) is 0 Å². The molecular formula is C19H25N5O3. The van der Waals surface area contributed by atoms with Crippen LogP contribution in [0.4, 0.5) is 16.3 Å². The molecule has 0 unspecified atom stereocenters. The number of nitrogens with zero attached hydrogens (tertiary/aromatic N) is 2. The first kappa shape index (κ1) is 17.6. The number of rotatable bonds is 0. The molecule has 27 heavy (non-hydrogen) atoms. The lowest BCUT2D eigenvalue weighted by Crippen LogP contribution is -2.28. The Balaban J connectivity index is 1.48. The SMILES string of the molecule is O=C1NCCCCCOc2cc(ccn2)Nc2cc([nH]n2)[C@H]2CC[C@H](C2)O1. The van der Waals surface area contributed by atoms with Crippen LogP contribution in [0.2, 0.25) is 0 Å². The van der Waals surface area contributed by atoms with Crippen molar-refractivity contribution in [2.24, 2.45) is 0 Å². The van der Waals surface area contributed by atoms with Crippen LogP contribution >= 0.6 is 0 Å². The van der Waals surface area contributed by atoms with Crippen LogP contribution in [0.15, 0.2) is 24.4 Å². The molecule has 2 aromatic rings. The van der Waals surface area contributed by atoms with Gasteiger partial charge in [-0.25, -0.2) is 9.78 Å². The number of alkyl carbamates (subject to hydrolysis) is 1. The molecule has 8 nitrogen and oxygen atoms in total. The lowest BCUT2D eigenvalue weighted by Gasteiger charge is -2.13. The first-order chi connectivity index (χ1) is 13.3. The van der Waals surface area contributed by atoms with Crippen LogP contribution in [0.25, 0.3) is 0 Å². The number of H-pyrrole nitrogens is 1. The van der Waals surface area contributed by atoms with Gasteiger partial charge in [0.05, 0.1) is 6.61 Å². The molecule has 0 aromatic carbocycles. The van der Waals surface area contributed by atoms with Gasteiger partial charge in [-0.05, 0) is 44.6 Å². The van der Waals surface area contributed by atoms with Gasteiger partial charge in [0.1, 0.15) is 6.10 Å². The smallest absolute Gasteiger partial charge is 0.407 e. The zero-order valence-electron chi connectivity index (χ0n) is 15.2. The van der Waals surface area contributed by atoms with Gasteiger partial charge in [-0.1, -0.05) is 0 Å². The standard InChI is InChI=1S/C19H25N5O3/c25-19-21-7-2-1-3-9-26-18-11-14(6-8-20-18)22-17-12-16(23-24-17)13-4-5-15(10-13)27-19/h6,8,11-13,15H,1-5,7,9-10H2,(H,21,25)(H2,22,23,24)/t13-,15+/m0/s1. The number of hydrogen-bond acceptors (Lipinski definition) is 6. The monoisotopic (exact) mass is 371 g/mol. The Morgan fingerprint density at radius 1 is 1.15 bits per heavy atom. The maximum Gasteiger partial charge on any atom is 0.407 e. The second-order valence-electron chi connectivity index (χ2n) is 7.09. The summed E-state index contributed by atoms with van der Waals surface area (Å²) in [5.74, 6) is 1.67. The molecule has 1 saturated carbocycles. The molecule has 0 spiro atoms. The average Bonchev–Trinajstić information content (AvgIpc) is 3.30. The lowest BCUT2D eigenvalue weighted by molar-refractivity contribution is 0.100. The van der Waals surface area contributed by atoms with Crippen LogP contribution < -0.4 is 15.4 Å². The van der Waals surface area contributed by atoms with Crippen LogP contribution in [0.5, 0.6) is 5.88 Å². The van der Waals surface area contributed by atoms with E-state index in [2.05, 4.69) is 25.8 Å². The first-order valence-corrected chi connectivity index (χ1v) is 9.62. The summed E-state index contributed by atoms with van der Waals surface area (Å²) in [6.07, 6.45) is 6.83. The fraction of sp³-hybridized carbons (Fsp3) is 0.526. The van der Waals surface area contributed by atoms with E-state index in [4.69, 9.17) is 9.47 Å². The molecule has 3 heterocycles. The molecule has 0 radical (unpaired) electrons. The molecule has 2 aliphatic rings. The minimum Gasteiger partial charge on any atom is -0.478 e. The number of amides is 1. The maximum absolute atomic E-state index is 11.9. The summed E-state index contributed by atoms with van der Waals surface area (Å²) in [4.78, 5) is 16.2. The fourth-order valence-electron chi connectivity index (χ4n) is 3.62. The second-order valence-corrected chi connectivity index (χ2v) is 7.09. The summed E-state index contributed by atoms with van der Waals surface area (Å²) >= 11 is 0. The second kappa shape index (κ2) is 8.28. The van der Waals surface area contributed by atoms with E-state index >= 15 is 0 Å². The van der Waals surface area contributed by atoms with Crippen molar-refractivity contribution in [1.82, 2.24) is 20.5 Å². The molecular weight excluding hydrogens is 346 g/mol. The highest BCUT2D eigenvalue weighted by molar-refractivity contribution is 5.67. The Labute approximate surface area is 158 Å². The van der Waals surface area contributed by atoms with Gasteiger partial charge in [-0.3, -0.25) is 5.10 Å². The molecule has 2 atom stereocenters. The van der Waals surface area contributed by atoms with E-state index in [0.717, 1.165) is 55.7 Å². The van der Waals surface area contributed by atoms with Crippen LogP contribution in [0.1, 0.15) is 50.1 Å². The highest BCUT2D eigenvalue weighted by atomic mass is 16.6. The summed E-state index contributed by atoms with van der Waals surface area (Å²) in [7, 11) is 0. The summed E-state index contributed by atoms with van der Waals surface area (Å²) in [6.45, 7) is 1.22. The molecule has 3 N–H and O–H groups in total. The molecule has 8 heteroatoms. The van der Waals surface area contributed by atoms with Crippen molar-refractivity contribution in [2.75, 3.05) is 18.5 Å². The third-order valence-electron chi connectivity index (χ3n) is 5.04. The topological polar surface area (TPSA) is 101 Å². The van der Waals surface area contributed by atoms with Gasteiger partial charge in [0.15, 0.2) is 5.82 Å². The number of aromatic nitrogens is 3. The Hall–Kier alpha value is -2.77. The third-order valence-corrected chi connectivity index (χ3v) is 5.04. The quantitative estimate of drug-likeness (QED) is 0.655. The molecule has 1 aliphatic carbocycles. The Morgan fingerprint density at radius 2 is 2.11 bits per heavy atom. The molecule has 4 rings (SSSR count). The number of carbonyl (C=O) groups is 1. The van der Waals surface area contributed by atoms with Gasteiger partial charge >= 0.3 is 6.09 Å². The van der Waals surface area contributed by atoms with E-state index in [9.17, 15) is 4.79 Å². The van der Waals surface area contributed by atoms with Crippen molar-refractivity contribution < 1.29 is 14.3 Å². The molecule has 2 aromatic heterocycles. The molecule has 144 valence electrons. The minimum atomic E-state index is -0.318. The van der Waals surface area contributed by atoms with Gasteiger partial charge < -0.3 is 20.1 Å². The highest BCUT2D eigenvalue weighted by Crippen LogP contribution is 2.36. The van der Waals surface area contributed by atoms with Gasteiger partial charge in [-0.2, -0.15) is 5.10 Å². The third kappa shape index (κ3) is 4.69. The highest BCUT2D eigenvalue weighted by Gasteiger charge is 2.29. The normalized spacial score (nSPS) is 23.6. The molecule has 1 amide bonds. The van der Waals surface area contributed by atoms with E-state index in [1.54, 1.807) is 6.20 Å². The number of ether oxygens (including phenoxy) is 2. The molecule has 1 aliphatic heterocycles. The van der Waals surface area contributed by atoms with Gasteiger partial charge in [0.2, 0.25) is 5.88 Å². The average molecular weight is 371 g/mol. The number of fused-ring (bicyclic) bond motifs is 7. The number of carbonyl (C=O) groups excluding carboxylic acids is 1.